The molecule has 1 fully saturated rings. The molecule has 2 rings (SSSR count). The molecule has 0 bridgehead atoms. The lowest BCUT2D eigenvalue weighted by molar-refractivity contribution is -0.384. The number of benzene rings is 1. The normalized spacial score (nSPS) is 20.0. The van der Waals surface area contributed by atoms with Crippen molar-refractivity contribution >= 4 is 41.6 Å². The number of nitrogens with one attached hydrogen (secondary N) is 1. The van der Waals surface area contributed by atoms with Crippen molar-refractivity contribution in [2.45, 2.75) is 13.5 Å². The number of carbonyl (C=O) groups excluding carboxylic acids is 1. The number of likely N-dealkylation sites (tertiary alicyclic amines) is 1. The summed E-state index contributed by atoms with van der Waals surface area (Å²) in [4.78, 5) is 28.4. The van der Waals surface area contributed by atoms with E-state index in [4.69, 9.17) is 4.74 Å². The molecule has 2 atom stereocenters. The maximum atomic E-state index is 11.8. The topological polar surface area (TPSA) is 97.1 Å². The number of nitrogens with zero attached hydrogens (tertiary/aromatic N) is 3. The van der Waals surface area contributed by atoms with E-state index in [1.807, 2.05) is 17.9 Å². The van der Waals surface area contributed by atoms with Gasteiger partial charge in [0.1, 0.15) is 0 Å². The van der Waals surface area contributed by atoms with Crippen molar-refractivity contribution in [1.29, 1.82) is 0 Å². The van der Waals surface area contributed by atoms with Gasteiger partial charge in [-0.25, -0.2) is 0 Å². The third-order valence-corrected chi connectivity index (χ3v) is 4.20. The Balaban J connectivity index is 0.00000312. The predicted molar refractivity (Wildman–Crippen MR) is 105 cm³/mol. The monoisotopic (exact) mass is 462 g/mol. The SMILES string of the molecule is CN=C(NCc1cccc([N+](=O)[O-])c1)N1CC(C)C(C(=O)OC)C1.I. The molecule has 0 saturated carbocycles. The van der Waals surface area contributed by atoms with Gasteiger partial charge in [0.05, 0.1) is 18.0 Å². The minimum absolute atomic E-state index is 0. The number of methoxy groups -OCH3 is 1. The zero-order valence-corrected chi connectivity index (χ0v) is 16.8. The van der Waals surface area contributed by atoms with Crippen LogP contribution in [0.15, 0.2) is 29.3 Å². The highest BCUT2D eigenvalue weighted by Gasteiger charge is 2.36. The summed E-state index contributed by atoms with van der Waals surface area (Å²) in [6.45, 7) is 3.67. The van der Waals surface area contributed by atoms with E-state index in [0.717, 1.165) is 5.56 Å². The number of esters is 1. The second-order valence-corrected chi connectivity index (χ2v) is 5.84. The van der Waals surface area contributed by atoms with E-state index in [0.29, 0.717) is 25.6 Å². The van der Waals surface area contributed by atoms with Gasteiger partial charge in [-0.15, -0.1) is 24.0 Å². The van der Waals surface area contributed by atoms with Gasteiger partial charge in [-0.3, -0.25) is 19.9 Å². The largest absolute Gasteiger partial charge is 0.469 e. The number of halogens is 1. The highest BCUT2D eigenvalue weighted by molar-refractivity contribution is 14.0. The number of rotatable bonds is 4. The number of aliphatic imine (C=N–C) groups is 1. The molecule has 25 heavy (non-hydrogen) atoms. The lowest BCUT2D eigenvalue weighted by Gasteiger charge is -2.21. The van der Waals surface area contributed by atoms with Crippen LogP contribution in [0.5, 0.6) is 0 Å². The fraction of sp³-hybridized carbons (Fsp3) is 0.500. The van der Waals surface area contributed by atoms with E-state index < -0.39 is 4.92 Å². The summed E-state index contributed by atoms with van der Waals surface area (Å²) in [5.41, 5.74) is 0.854. The van der Waals surface area contributed by atoms with Crippen molar-refractivity contribution in [3.63, 3.8) is 0 Å². The van der Waals surface area contributed by atoms with Crippen LogP contribution < -0.4 is 5.32 Å². The first-order valence-electron chi connectivity index (χ1n) is 7.73. The fourth-order valence-electron chi connectivity index (χ4n) is 2.89. The van der Waals surface area contributed by atoms with Crippen LogP contribution in [0.3, 0.4) is 0 Å². The molecule has 0 aromatic heterocycles. The van der Waals surface area contributed by atoms with Gasteiger partial charge in [0.25, 0.3) is 5.69 Å². The van der Waals surface area contributed by atoms with Crippen LogP contribution in [-0.2, 0) is 16.1 Å². The number of ether oxygens (including phenoxy) is 1. The Morgan fingerprint density at radius 2 is 2.20 bits per heavy atom. The first kappa shape index (κ1) is 21.1. The van der Waals surface area contributed by atoms with E-state index in [1.54, 1.807) is 13.1 Å². The molecule has 9 heteroatoms. The number of guanidine groups is 1. The molecule has 0 amide bonds. The number of hydrogen-bond acceptors (Lipinski definition) is 5. The molecule has 1 heterocycles. The Hall–Kier alpha value is -1.91. The second-order valence-electron chi connectivity index (χ2n) is 5.84. The number of nitro benzene ring substituents is 1. The molecule has 0 radical (unpaired) electrons. The van der Waals surface area contributed by atoms with Gasteiger partial charge in [0.15, 0.2) is 5.96 Å². The van der Waals surface area contributed by atoms with Gasteiger partial charge in [-0.05, 0) is 11.5 Å². The summed E-state index contributed by atoms with van der Waals surface area (Å²) in [5, 5.41) is 14.0. The van der Waals surface area contributed by atoms with E-state index in [1.165, 1.54) is 19.2 Å². The van der Waals surface area contributed by atoms with Crippen LogP contribution in [0.1, 0.15) is 12.5 Å². The van der Waals surface area contributed by atoms with Crippen molar-refractivity contribution in [3.8, 4) is 0 Å². The summed E-state index contributed by atoms with van der Waals surface area (Å²) in [6.07, 6.45) is 0. The molecule has 1 N–H and O–H groups in total. The van der Waals surface area contributed by atoms with Gasteiger partial charge >= 0.3 is 5.97 Å². The van der Waals surface area contributed by atoms with Crippen LogP contribution in [-0.4, -0.2) is 49.0 Å². The van der Waals surface area contributed by atoms with E-state index >= 15 is 0 Å². The third-order valence-electron chi connectivity index (χ3n) is 4.20. The molecule has 0 spiro atoms. The van der Waals surface area contributed by atoms with Crippen molar-refractivity contribution in [3.05, 3.63) is 39.9 Å². The van der Waals surface area contributed by atoms with E-state index in [2.05, 4.69) is 10.3 Å². The summed E-state index contributed by atoms with van der Waals surface area (Å²) in [7, 11) is 3.07. The third kappa shape index (κ3) is 5.28. The lowest BCUT2D eigenvalue weighted by Crippen LogP contribution is -2.40. The van der Waals surface area contributed by atoms with Crippen LogP contribution in [0, 0.1) is 22.0 Å². The number of hydrogen-bond donors (Lipinski definition) is 1. The Labute approximate surface area is 163 Å². The standard InChI is InChI=1S/C16H22N4O4.HI/c1-11-9-19(10-14(11)15(21)24-3)16(17-2)18-8-12-5-4-6-13(7-12)20(22)23;/h4-7,11,14H,8-10H2,1-3H3,(H,17,18);1H. The van der Waals surface area contributed by atoms with Gasteiger partial charge in [-0.2, -0.15) is 0 Å². The molecule has 8 nitrogen and oxygen atoms in total. The quantitative estimate of drug-likeness (QED) is 0.184. The minimum Gasteiger partial charge on any atom is -0.469 e. The second kappa shape index (κ2) is 9.54. The lowest BCUT2D eigenvalue weighted by atomic mass is 9.99. The summed E-state index contributed by atoms with van der Waals surface area (Å²) >= 11 is 0. The zero-order valence-electron chi connectivity index (χ0n) is 14.5. The zero-order chi connectivity index (χ0) is 17.7. The van der Waals surface area contributed by atoms with Gasteiger partial charge in [0.2, 0.25) is 0 Å². The number of carbonyl (C=O) groups is 1. The summed E-state index contributed by atoms with van der Waals surface area (Å²) < 4.78 is 4.84. The van der Waals surface area contributed by atoms with E-state index in [9.17, 15) is 14.9 Å². The molecule has 2 unspecified atom stereocenters. The average molecular weight is 462 g/mol. The van der Waals surface area contributed by atoms with E-state index in [-0.39, 0.29) is 47.5 Å². The summed E-state index contributed by atoms with van der Waals surface area (Å²) in [6, 6.07) is 6.46. The fourth-order valence-corrected chi connectivity index (χ4v) is 2.89. The average Bonchev–Trinajstić information content (AvgIpc) is 2.96. The van der Waals surface area contributed by atoms with Crippen LogP contribution >= 0.6 is 24.0 Å². The first-order valence-corrected chi connectivity index (χ1v) is 7.73. The maximum absolute atomic E-state index is 11.8. The highest BCUT2D eigenvalue weighted by Crippen LogP contribution is 2.24. The van der Waals surface area contributed by atoms with Gasteiger partial charge in [0, 0.05) is 38.8 Å². The molecule has 1 aliphatic rings. The molecule has 1 aromatic carbocycles. The highest BCUT2D eigenvalue weighted by atomic mass is 127. The summed E-state index contributed by atoms with van der Waals surface area (Å²) in [5.74, 6) is 0.457. The Morgan fingerprint density at radius 3 is 2.80 bits per heavy atom. The number of nitro groups is 1. The number of non-ortho nitro benzene ring substituents is 1. The Kier molecular flexibility index (Phi) is 8.07. The van der Waals surface area contributed by atoms with Gasteiger partial charge in [-0.1, -0.05) is 19.1 Å². The molecule has 1 saturated heterocycles. The molecule has 1 aliphatic heterocycles. The molecular formula is C16H23IN4O4. The van der Waals surface area contributed by atoms with Crippen LogP contribution in [0.2, 0.25) is 0 Å². The molecule has 1 aromatic rings. The van der Waals surface area contributed by atoms with Crippen molar-refractivity contribution in [2.75, 3.05) is 27.2 Å². The van der Waals surface area contributed by atoms with Crippen LogP contribution in [0.25, 0.3) is 0 Å². The predicted octanol–water partition coefficient (Wildman–Crippen LogP) is 2.03. The Morgan fingerprint density at radius 1 is 1.48 bits per heavy atom. The smallest absolute Gasteiger partial charge is 0.310 e. The van der Waals surface area contributed by atoms with Crippen molar-refractivity contribution in [1.82, 2.24) is 10.2 Å². The van der Waals surface area contributed by atoms with Crippen LogP contribution in [0.4, 0.5) is 5.69 Å². The Bertz CT molecular complexity index is 653. The maximum Gasteiger partial charge on any atom is 0.310 e. The van der Waals surface area contributed by atoms with Crippen molar-refractivity contribution in [2.24, 2.45) is 16.8 Å². The minimum atomic E-state index is -0.415. The van der Waals surface area contributed by atoms with Crippen molar-refractivity contribution < 1.29 is 14.5 Å². The van der Waals surface area contributed by atoms with Gasteiger partial charge < -0.3 is 15.0 Å². The molecule has 138 valence electrons. The molecule has 0 aliphatic carbocycles. The first-order chi connectivity index (χ1) is 11.5. The molecular weight excluding hydrogens is 439 g/mol.